The van der Waals surface area contributed by atoms with Crippen LogP contribution in [-0.2, 0) is 12.6 Å². The third kappa shape index (κ3) is 3.72. The normalized spacial score (nSPS) is 11.4. The van der Waals surface area contributed by atoms with Gasteiger partial charge in [0.15, 0.2) is 0 Å². The molecule has 0 fully saturated rings. The molecule has 5 nitrogen and oxygen atoms in total. The lowest BCUT2D eigenvalue weighted by molar-refractivity contribution is -0.144. The molecule has 0 bridgehead atoms. The first-order chi connectivity index (χ1) is 11.7. The molecule has 2 rings (SSSR count). The molecule has 2 N–H and O–H groups in total. The number of hydrogen-bond donors (Lipinski definition) is 1. The Hall–Kier alpha value is -2.64. The Morgan fingerprint density at radius 1 is 1.28 bits per heavy atom. The first-order valence-corrected chi connectivity index (χ1v) is 7.60. The van der Waals surface area contributed by atoms with Gasteiger partial charge in [-0.3, -0.25) is 4.79 Å². The fraction of sp³-hybridized carbons (Fsp3) is 0.353. The van der Waals surface area contributed by atoms with Gasteiger partial charge in [0.25, 0.3) is 0 Å². The molecule has 1 aromatic heterocycles. The van der Waals surface area contributed by atoms with E-state index in [0.29, 0.717) is 28.9 Å². The molecular weight excluding hydrogens is 335 g/mol. The summed E-state index contributed by atoms with van der Waals surface area (Å²) >= 11 is 0. The van der Waals surface area contributed by atoms with Gasteiger partial charge >= 0.3 is 6.18 Å². The van der Waals surface area contributed by atoms with Crippen LogP contribution in [0.3, 0.4) is 0 Å². The molecule has 1 aromatic carbocycles. The van der Waals surface area contributed by atoms with E-state index in [1.54, 1.807) is 13.0 Å². The van der Waals surface area contributed by atoms with Crippen molar-refractivity contribution < 1.29 is 22.7 Å². The van der Waals surface area contributed by atoms with Crippen LogP contribution in [0, 0.1) is 6.92 Å². The van der Waals surface area contributed by atoms with E-state index < -0.39 is 17.9 Å². The summed E-state index contributed by atoms with van der Waals surface area (Å²) in [4.78, 5) is 18.5. The second kappa shape index (κ2) is 7.08. The van der Waals surface area contributed by atoms with Crippen LogP contribution >= 0.6 is 0 Å². The number of benzene rings is 1. The molecule has 134 valence electrons. The number of carbonyl (C=O) groups excluding carboxylic acids is 1. The highest BCUT2D eigenvalue weighted by molar-refractivity contribution is 5.97. The van der Waals surface area contributed by atoms with E-state index >= 15 is 0 Å². The van der Waals surface area contributed by atoms with Crippen molar-refractivity contribution in [2.24, 2.45) is 5.73 Å². The molecule has 0 atom stereocenters. The number of ether oxygens (including phenoxy) is 1. The number of methoxy groups -OCH3 is 1. The monoisotopic (exact) mass is 353 g/mol. The van der Waals surface area contributed by atoms with Crippen molar-refractivity contribution in [3.63, 3.8) is 0 Å². The summed E-state index contributed by atoms with van der Waals surface area (Å²) in [7, 11) is 1.47. The molecule has 0 radical (unpaired) electrons. The number of carbonyl (C=O) groups is 1. The van der Waals surface area contributed by atoms with Gasteiger partial charge < -0.3 is 10.5 Å². The van der Waals surface area contributed by atoms with E-state index in [2.05, 4.69) is 9.97 Å². The molecule has 0 aliphatic carbocycles. The highest BCUT2D eigenvalue weighted by Crippen LogP contribution is 2.37. The number of nitrogens with two attached hydrogens (primary N) is 1. The fourth-order valence-corrected chi connectivity index (χ4v) is 2.71. The maximum Gasteiger partial charge on any atom is 0.451 e. The SMILES string of the molecule is CCCc1c(-c2cnc(C(F)(F)F)nc2)cc(C(N)=O)c(C)c1OC. The predicted molar refractivity (Wildman–Crippen MR) is 86.3 cm³/mol. The largest absolute Gasteiger partial charge is 0.496 e. The van der Waals surface area contributed by atoms with Gasteiger partial charge in [0, 0.05) is 34.6 Å². The lowest BCUT2D eigenvalue weighted by atomic mass is 9.91. The van der Waals surface area contributed by atoms with Crippen LogP contribution in [0.1, 0.15) is 40.7 Å². The Kier molecular flexibility index (Phi) is 5.30. The van der Waals surface area contributed by atoms with Crippen molar-refractivity contribution in [3.8, 4) is 16.9 Å². The molecule has 2 aromatic rings. The first kappa shape index (κ1) is 18.7. The van der Waals surface area contributed by atoms with E-state index in [1.807, 2.05) is 6.92 Å². The zero-order valence-electron chi connectivity index (χ0n) is 14.1. The van der Waals surface area contributed by atoms with Crippen LogP contribution in [0.2, 0.25) is 0 Å². The Balaban J connectivity index is 2.70. The van der Waals surface area contributed by atoms with Gasteiger partial charge in [0.1, 0.15) is 5.75 Å². The summed E-state index contributed by atoms with van der Waals surface area (Å²) in [5.74, 6) is -1.37. The molecule has 1 amide bonds. The van der Waals surface area contributed by atoms with E-state index in [9.17, 15) is 18.0 Å². The Morgan fingerprint density at radius 3 is 2.32 bits per heavy atom. The van der Waals surface area contributed by atoms with Crippen LogP contribution in [-0.4, -0.2) is 23.0 Å². The summed E-state index contributed by atoms with van der Waals surface area (Å²) in [5, 5.41) is 0. The second-order valence-electron chi connectivity index (χ2n) is 5.52. The van der Waals surface area contributed by atoms with Crippen molar-refractivity contribution in [2.45, 2.75) is 32.9 Å². The van der Waals surface area contributed by atoms with Crippen molar-refractivity contribution in [1.82, 2.24) is 9.97 Å². The smallest absolute Gasteiger partial charge is 0.451 e. The zero-order chi connectivity index (χ0) is 18.8. The number of nitrogens with zero attached hydrogens (tertiary/aromatic N) is 2. The number of hydrogen-bond acceptors (Lipinski definition) is 4. The Labute approximate surface area is 143 Å². The van der Waals surface area contributed by atoms with Crippen molar-refractivity contribution in [1.29, 1.82) is 0 Å². The molecule has 25 heavy (non-hydrogen) atoms. The van der Waals surface area contributed by atoms with Crippen LogP contribution in [0.15, 0.2) is 18.5 Å². The molecule has 8 heteroatoms. The maximum atomic E-state index is 12.7. The second-order valence-corrected chi connectivity index (χ2v) is 5.52. The molecule has 1 heterocycles. The number of primary amides is 1. The number of halogens is 3. The molecule has 0 saturated heterocycles. The van der Waals surface area contributed by atoms with Crippen molar-refractivity contribution in [2.75, 3.05) is 7.11 Å². The number of aromatic nitrogens is 2. The van der Waals surface area contributed by atoms with Crippen molar-refractivity contribution in [3.05, 3.63) is 41.0 Å². The third-order valence-corrected chi connectivity index (χ3v) is 3.82. The summed E-state index contributed by atoms with van der Waals surface area (Å²) in [5.41, 5.74) is 7.92. The van der Waals surface area contributed by atoms with Gasteiger partial charge in [-0.2, -0.15) is 13.2 Å². The van der Waals surface area contributed by atoms with Gasteiger partial charge in [-0.05, 0) is 25.0 Å². The van der Waals surface area contributed by atoms with E-state index in [1.165, 1.54) is 7.11 Å². The quantitative estimate of drug-likeness (QED) is 0.892. The first-order valence-electron chi connectivity index (χ1n) is 7.60. The molecule has 0 aliphatic rings. The molecular formula is C17H18F3N3O2. The van der Waals surface area contributed by atoms with Gasteiger partial charge in [0.05, 0.1) is 7.11 Å². The van der Waals surface area contributed by atoms with E-state index in [0.717, 1.165) is 24.4 Å². The fourth-order valence-electron chi connectivity index (χ4n) is 2.71. The van der Waals surface area contributed by atoms with Crippen LogP contribution in [0.4, 0.5) is 13.2 Å². The maximum absolute atomic E-state index is 12.7. The van der Waals surface area contributed by atoms with Gasteiger partial charge in [-0.25, -0.2) is 9.97 Å². The van der Waals surface area contributed by atoms with Gasteiger partial charge in [-0.15, -0.1) is 0 Å². The lowest BCUT2D eigenvalue weighted by Crippen LogP contribution is -2.15. The topological polar surface area (TPSA) is 78.1 Å². The minimum atomic E-state index is -4.62. The van der Waals surface area contributed by atoms with Gasteiger partial charge in [0.2, 0.25) is 11.7 Å². The lowest BCUT2D eigenvalue weighted by Gasteiger charge is -2.18. The average molecular weight is 353 g/mol. The standard InChI is InChI=1S/C17H18F3N3O2/c1-4-5-11-13(6-12(15(21)24)9(2)14(11)25-3)10-7-22-16(23-8-10)17(18,19)20/h6-8H,4-5H2,1-3H3,(H2,21,24). The molecule has 0 saturated carbocycles. The minimum absolute atomic E-state index is 0.242. The zero-order valence-corrected chi connectivity index (χ0v) is 14.1. The Morgan fingerprint density at radius 2 is 1.88 bits per heavy atom. The highest BCUT2D eigenvalue weighted by atomic mass is 19.4. The van der Waals surface area contributed by atoms with Crippen molar-refractivity contribution >= 4 is 5.91 Å². The summed E-state index contributed by atoms with van der Waals surface area (Å²) < 4.78 is 43.4. The Bertz CT molecular complexity index is 787. The summed E-state index contributed by atoms with van der Waals surface area (Å²) in [6, 6.07) is 1.55. The molecule has 0 unspecified atom stereocenters. The van der Waals surface area contributed by atoms with Crippen LogP contribution in [0.5, 0.6) is 5.75 Å². The highest BCUT2D eigenvalue weighted by Gasteiger charge is 2.34. The summed E-state index contributed by atoms with van der Waals surface area (Å²) in [6.07, 6.45) is -1.05. The molecule has 0 spiro atoms. The van der Waals surface area contributed by atoms with Crippen LogP contribution in [0.25, 0.3) is 11.1 Å². The van der Waals surface area contributed by atoms with Crippen LogP contribution < -0.4 is 10.5 Å². The number of amides is 1. The predicted octanol–water partition coefficient (Wildman–Crippen LogP) is 3.53. The average Bonchev–Trinajstić information content (AvgIpc) is 2.54. The molecule has 0 aliphatic heterocycles. The number of alkyl halides is 3. The van der Waals surface area contributed by atoms with E-state index in [4.69, 9.17) is 10.5 Å². The summed E-state index contributed by atoms with van der Waals surface area (Å²) in [6.45, 7) is 3.68. The third-order valence-electron chi connectivity index (χ3n) is 3.82. The minimum Gasteiger partial charge on any atom is -0.496 e. The number of rotatable bonds is 5. The van der Waals surface area contributed by atoms with Gasteiger partial charge in [-0.1, -0.05) is 13.3 Å². The van der Waals surface area contributed by atoms with E-state index in [-0.39, 0.29) is 5.56 Å².